The smallest absolute Gasteiger partial charge is 0.262 e. The molecule has 3 aromatic rings. The second kappa shape index (κ2) is 4.59. The van der Waals surface area contributed by atoms with E-state index in [1.807, 2.05) is 12.3 Å². The standard InChI is InChI=1S/C14H11FN2OS/c1-2-17-8-16-13-12(14(17)18)11(7-19-13)9-3-5-10(15)6-4-9/h3-8H,2H2,1H3. The molecule has 3 rings (SSSR count). The lowest BCUT2D eigenvalue weighted by atomic mass is 10.1. The van der Waals surface area contributed by atoms with Gasteiger partial charge in [0, 0.05) is 17.5 Å². The molecule has 0 radical (unpaired) electrons. The Balaban J connectivity index is 2.30. The Bertz CT molecular complexity index is 789. The molecule has 0 fully saturated rings. The first kappa shape index (κ1) is 12.0. The number of halogens is 1. The quantitative estimate of drug-likeness (QED) is 0.718. The first-order valence-electron chi connectivity index (χ1n) is 5.93. The van der Waals surface area contributed by atoms with Crippen LogP contribution in [0.25, 0.3) is 21.3 Å². The van der Waals surface area contributed by atoms with Gasteiger partial charge in [0.25, 0.3) is 5.56 Å². The number of fused-ring (bicyclic) bond motifs is 1. The molecule has 2 aromatic heterocycles. The molecule has 0 saturated heterocycles. The second-order valence-electron chi connectivity index (χ2n) is 4.17. The lowest BCUT2D eigenvalue weighted by molar-refractivity contribution is 0.628. The topological polar surface area (TPSA) is 34.9 Å². The van der Waals surface area contributed by atoms with Gasteiger partial charge in [0.2, 0.25) is 0 Å². The SMILES string of the molecule is CCn1cnc2scc(-c3ccc(F)cc3)c2c1=O. The van der Waals surface area contributed by atoms with Crippen LogP contribution in [0.5, 0.6) is 0 Å². The highest BCUT2D eigenvalue weighted by atomic mass is 32.1. The van der Waals surface area contributed by atoms with Gasteiger partial charge in [0.15, 0.2) is 0 Å². The summed E-state index contributed by atoms with van der Waals surface area (Å²) in [4.78, 5) is 17.3. The van der Waals surface area contributed by atoms with Crippen molar-refractivity contribution in [1.29, 1.82) is 0 Å². The van der Waals surface area contributed by atoms with Gasteiger partial charge in [0.05, 0.1) is 11.7 Å². The maximum atomic E-state index is 13.0. The van der Waals surface area contributed by atoms with Crippen molar-refractivity contribution in [2.45, 2.75) is 13.5 Å². The average molecular weight is 274 g/mol. The number of nitrogens with zero attached hydrogens (tertiary/aromatic N) is 2. The summed E-state index contributed by atoms with van der Waals surface area (Å²) in [5.74, 6) is -0.285. The Morgan fingerprint density at radius 2 is 2.05 bits per heavy atom. The molecule has 0 atom stereocenters. The number of aryl methyl sites for hydroxylation is 1. The first-order chi connectivity index (χ1) is 9.20. The highest BCUT2D eigenvalue weighted by Crippen LogP contribution is 2.30. The van der Waals surface area contributed by atoms with E-state index in [0.717, 1.165) is 11.1 Å². The Hall–Kier alpha value is -2.01. The minimum absolute atomic E-state index is 0.0481. The van der Waals surface area contributed by atoms with Gasteiger partial charge in [0.1, 0.15) is 10.6 Å². The summed E-state index contributed by atoms with van der Waals surface area (Å²) in [5.41, 5.74) is 1.61. The summed E-state index contributed by atoms with van der Waals surface area (Å²) in [6.07, 6.45) is 1.57. The van der Waals surface area contributed by atoms with Gasteiger partial charge >= 0.3 is 0 Å². The van der Waals surface area contributed by atoms with Crippen LogP contribution in [-0.4, -0.2) is 9.55 Å². The van der Waals surface area contributed by atoms with Crippen LogP contribution in [0, 0.1) is 5.82 Å². The fourth-order valence-electron chi connectivity index (χ4n) is 2.03. The summed E-state index contributed by atoms with van der Waals surface area (Å²) < 4.78 is 14.5. The van der Waals surface area contributed by atoms with E-state index in [1.165, 1.54) is 23.5 Å². The summed E-state index contributed by atoms with van der Waals surface area (Å²) in [6.45, 7) is 2.49. The molecule has 1 aromatic carbocycles. The van der Waals surface area contributed by atoms with Crippen molar-refractivity contribution in [3.05, 3.63) is 52.1 Å². The fraction of sp³-hybridized carbons (Fsp3) is 0.143. The average Bonchev–Trinajstić information content (AvgIpc) is 2.85. The van der Waals surface area contributed by atoms with Crippen molar-refractivity contribution in [1.82, 2.24) is 9.55 Å². The van der Waals surface area contributed by atoms with Gasteiger partial charge in [-0.3, -0.25) is 9.36 Å². The van der Waals surface area contributed by atoms with Crippen LogP contribution < -0.4 is 5.56 Å². The van der Waals surface area contributed by atoms with E-state index in [4.69, 9.17) is 0 Å². The molecule has 0 N–H and O–H groups in total. The van der Waals surface area contributed by atoms with Crippen LogP contribution in [-0.2, 0) is 6.54 Å². The maximum absolute atomic E-state index is 13.0. The minimum atomic E-state index is -0.285. The molecule has 0 aliphatic rings. The van der Waals surface area contributed by atoms with Gasteiger partial charge in [-0.1, -0.05) is 12.1 Å². The highest BCUT2D eigenvalue weighted by molar-refractivity contribution is 7.17. The van der Waals surface area contributed by atoms with E-state index in [-0.39, 0.29) is 11.4 Å². The second-order valence-corrected chi connectivity index (χ2v) is 5.03. The Labute approximate surface area is 113 Å². The zero-order valence-electron chi connectivity index (χ0n) is 10.3. The van der Waals surface area contributed by atoms with Gasteiger partial charge in [-0.2, -0.15) is 0 Å². The third-order valence-electron chi connectivity index (χ3n) is 3.06. The van der Waals surface area contributed by atoms with Crippen LogP contribution in [0.3, 0.4) is 0 Å². The molecule has 0 amide bonds. The molecule has 0 saturated carbocycles. The van der Waals surface area contributed by atoms with Crippen molar-refractivity contribution in [3.8, 4) is 11.1 Å². The van der Waals surface area contributed by atoms with Crippen LogP contribution in [0.2, 0.25) is 0 Å². The van der Waals surface area contributed by atoms with E-state index < -0.39 is 0 Å². The fourth-order valence-corrected chi connectivity index (χ4v) is 2.94. The highest BCUT2D eigenvalue weighted by Gasteiger charge is 2.12. The molecule has 3 nitrogen and oxygen atoms in total. The Morgan fingerprint density at radius 3 is 2.74 bits per heavy atom. The lowest BCUT2D eigenvalue weighted by Crippen LogP contribution is -2.19. The van der Waals surface area contributed by atoms with E-state index in [0.29, 0.717) is 16.8 Å². The van der Waals surface area contributed by atoms with Crippen LogP contribution >= 0.6 is 11.3 Å². The maximum Gasteiger partial charge on any atom is 0.262 e. The third kappa shape index (κ3) is 1.96. The number of benzene rings is 1. The van der Waals surface area contributed by atoms with E-state index in [1.54, 1.807) is 23.0 Å². The molecule has 0 aliphatic heterocycles. The van der Waals surface area contributed by atoms with Crippen molar-refractivity contribution in [2.75, 3.05) is 0 Å². The molecule has 96 valence electrons. The first-order valence-corrected chi connectivity index (χ1v) is 6.81. The molecule has 0 spiro atoms. The molecule has 2 heterocycles. The van der Waals surface area contributed by atoms with E-state index in [9.17, 15) is 9.18 Å². The Kier molecular flexibility index (Phi) is 2.91. The van der Waals surface area contributed by atoms with Gasteiger partial charge in [-0.15, -0.1) is 11.3 Å². The van der Waals surface area contributed by atoms with Crippen molar-refractivity contribution in [3.63, 3.8) is 0 Å². The molecule has 0 aliphatic carbocycles. The Morgan fingerprint density at radius 1 is 1.32 bits per heavy atom. The molecule has 0 unspecified atom stereocenters. The van der Waals surface area contributed by atoms with E-state index in [2.05, 4.69) is 4.98 Å². The van der Waals surface area contributed by atoms with Crippen LogP contribution in [0.15, 0.2) is 40.8 Å². The summed E-state index contributed by atoms with van der Waals surface area (Å²) >= 11 is 1.43. The zero-order chi connectivity index (χ0) is 13.4. The number of thiophene rings is 1. The molecule has 5 heteroatoms. The van der Waals surface area contributed by atoms with Gasteiger partial charge < -0.3 is 0 Å². The molecular weight excluding hydrogens is 263 g/mol. The normalized spacial score (nSPS) is 11.1. The predicted octanol–water partition coefficient (Wildman–Crippen LogP) is 3.28. The summed E-state index contributed by atoms with van der Waals surface area (Å²) in [7, 11) is 0. The van der Waals surface area contributed by atoms with E-state index >= 15 is 0 Å². The lowest BCUT2D eigenvalue weighted by Gasteiger charge is -2.02. The largest absolute Gasteiger partial charge is 0.299 e. The van der Waals surface area contributed by atoms with Crippen molar-refractivity contribution >= 4 is 21.6 Å². The number of hydrogen-bond acceptors (Lipinski definition) is 3. The van der Waals surface area contributed by atoms with Crippen molar-refractivity contribution < 1.29 is 4.39 Å². The number of aromatic nitrogens is 2. The monoisotopic (exact) mass is 274 g/mol. The molecule has 0 bridgehead atoms. The zero-order valence-corrected chi connectivity index (χ0v) is 11.1. The van der Waals surface area contributed by atoms with Gasteiger partial charge in [-0.05, 0) is 24.6 Å². The molecule has 19 heavy (non-hydrogen) atoms. The minimum Gasteiger partial charge on any atom is -0.299 e. The molecular formula is C14H11FN2OS. The van der Waals surface area contributed by atoms with Crippen molar-refractivity contribution in [2.24, 2.45) is 0 Å². The predicted molar refractivity (Wildman–Crippen MR) is 74.9 cm³/mol. The number of rotatable bonds is 2. The summed E-state index contributed by atoms with van der Waals surface area (Å²) in [5, 5.41) is 2.51. The summed E-state index contributed by atoms with van der Waals surface area (Å²) in [6, 6.07) is 6.15. The van der Waals surface area contributed by atoms with Crippen LogP contribution in [0.1, 0.15) is 6.92 Å². The third-order valence-corrected chi connectivity index (χ3v) is 3.94. The number of hydrogen-bond donors (Lipinski definition) is 0. The van der Waals surface area contributed by atoms with Crippen LogP contribution in [0.4, 0.5) is 4.39 Å². The van der Waals surface area contributed by atoms with Gasteiger partial charge in [-0.25, -0.2) is 9.37 Å².